The molecule has 40 heavy (non-hydrogen) atoms. The van der Waals surface area contributed by atoms with Crippen LogP contribution in [0, 0.1) is 22.7 Å². The molecule has 0 aromatic heterocycles. The van der Waals surface area contributed by atoms with Gasteiger partial charge in [-0.05, 0) is 69.1 Å². The minimum absolute atomic E-state index is 0.0292. The van der Waals surface area contributed by atoms with Gasteiger partial charge >= 0.3 is 0 Å². The summed E-state index contributed by atoms with van der Waals surface area (Å²) in [5.41, 5.74) is 0.502. The van der Waals surface area contributed by atoms with Crippen molar-refractivity contribution in [3.63, 3.8) is 0 Å². The largest absolute Gasteiger partial charge is 0.392 e. The summed E-state index contributed by atoms with van der Waals surface area (Å²) in [6.07, 6.45) is 4.02. The van der Waals surface area contributed by atoms with Gasteiger partial charge in [-0.2, -0.15) is 0 Å². The zero-order valence-corrected chi connectivity index (χ0v) is 25.2. The average molecular weight is 572 g/mol. The van der Waals surface area contributed by atoms with Crippen LogP contribution in [0.1, 0.15) is 71.3 Å². The van der Waals surface area contributed by atoms with Crippen LogP contribution in [0.25, 0.3) is 0 Å². The molecule has 3 fully saturated rings. The first-order chi connectivity index (χ1) is 18.9. The molecule has 9 heteroatoms. The van der Waals surface area contributed by atoms with E-state index in [1.807, 2.05) is 43.0 Å². The molecular formula is C31H46ClN5O3. The molecule has 0 bridgehead atoms. The van der Waals surface area contributed by atoms with Crippen molar-refractivity contribution >= 4 is 29.4 Å². The molecule has 5 rings (SSSR count). The van der Waals surface area contributed by atoms with Gasteiger partial charge in [0.05, 0.1) is 24.0 Å². The summed E-state index contributed by atoms with van der Waals surface area (Å²) in [6.45, 7) is 12.2. The van der Waals surface area contributed by atoms with Gasteiger partial charge in [-0.25, -0.2) is 0 Å². The quantitative estimate of drug-likeness (QED) is 0.484. The molecule has 8 nitrogen and oxygen atoms in total. The Labute approximate surface area is 243 Å². The molecule has 1 saturated carbocycles. The Morgan fingerprint density at radius 2 is 1.82 bits per heavy atom. The second-order valence-electron chi connectivity index (χ2n) is 13.7. The fourth-order valence-corrected chi connectivity index (χ4v) is 7.12. The van der Waals surface area contributed by atoms with E-state index in [0.717, 1.165) is 56.8 Å². The average Bonchev–Trinajstić information content (AvgIpc) is 3.70. The first kappa shape index (κ1) is 29.2. The number of amides is 2. The fourth-order valence-electron chi connectivity index (χ4n) is 6.99. The highest BCUT2D eigenvalue weighted by molar-refractivity contribution is 6.30. The van der Waals surface area contributed by atoms with Gasteiger partial charge in [0.15, 0.2) is 5.96 Å². The monoisotopic (exact) mass is 571 g/mol. The molecule has 0 radical (unpaired) electrons. The molecule has 1 aromatic rings. The molecule has 1 unspecified atom stereocenters. The van der Waals surface area contributed by atoms with Crippen molar-refractivity contribution in [2.45, 2.75) is 77.9 Å². The number of hydrogen-bond acceptors (Lipinski definition) is 6. The molecule has 1 aliphatic carbocycles. The Kier molecular flexibility index (Phi) is 8.40. The third-order valence-electron chi connectivity index (χ3n) is 9.87. The van der Waals surface area contributed by atoms with E-state index in [0.29, 0.717) is 36.5 Å². The molecule has 3 N–H and O–H groups in total. The lowest BCUT2D eigenvalue weighted by Crippen LogP contribution is -2.51. The number of carbonyl (C=O) groups is 2. The van der Waals surface area contributed by atoms with Gasteiger partial charge in [0.25, 0.3) is 0 Å². The number of aliphatic hydroxyl groups excluding tert-OH is 1. The van der Waals surface area contributed by atoms with Crippen molar-refractivity contribution in [2.75, 3.05) is 39.3 Å². The fraction of sp³-hybridized carbons (Fsp3) is 0.710. The maximum absolute atomic E-state index is 14.0. The molecule has 0 spiro atoms. The van der Waals surface area contributed by atoms with E-state index in [9.17, 15) is 14.7 Å². The SMILES string of the molecule is CC1(C)CCC(NC(=O)C(C)(C)C(O)[C@H]2CCN(C(=O)[C@@H]3CN(C4=NCCN4)C[C@H]3c3ccc(Cl)cc3)C2)CC1. The normalized spacial score (nSPS) is 27.9. The number of nitrogens with zero attached hydrogens (tertiary/aromatic N) is 3. The van der Waals surface area contributed by atoms with Crippen LogP contribution in [0.15, 0.2) is 29.3 Å². The van der Waals surface area contributed by atoms with Gasteiger partial charge in [-0.15, -0.1) is 0 Å². The van der Waals surface area contributed by atoms with Gasteiger partial charge in [0.2, 0.25) is 11.8 Å². The molecule has 3 aliphatic heterocycles. The van der Waals surface area contributed by atoms with Gasteiger partial charge in [-0.1, -0.05) is 37.6 Å². The highest BCUT2D eigenvalue weighted by Crippen LogP contribution is 2.39. The van der Waals surface area contributed by atoms with E-state index in [1.165, 1.54) is 0 Å². The second kappa shape index (κ2) is 11.5. The van der Waals surface area contributed by atoms with Crippen molar-refractivity contribution in [3.05, 3.63) is 34.9 Å². The summed E-state index contributed by atoms with van der Waals surface area (Å²) in [7, 11) is 0. The van der Waals surface area contributed by atoms with Crippen LogP contribution in [0.5, 0.6) is 0 Å². The lowest BCUT2D eigenvalue weighted by Gasteiger charge is -2.38. The van der Waals surface area contributed by atoms with E-state index in [4.69, 9.17) is 11.6 Å². The maximum Gasteiger partial charge on any atom is 0.228 e. The summed E-state index contributed by atoms with van der Waals surface area (Å²) >= 11 is 6.16. The molecule has 220 valence electrons. The molecule has 1 aromatic carbocycles. The Morgan fingerprint density at radius 3 is 2.48 bits per heavy atom. The molecular weight excluding hydrogens is 526 g/mol. The van der Waals surface area contributed by atoms with Gasteiger partial charge in [-0.3, -0.25) is 14.6 Å². The molecule has 3 heterocycles. The number of carbonyl (C=O) groups excluding carboxylic acids is 2. The Balaban J connectivity index is 1.23. The van der Waals surface area contributed by atoms with Crippen LogP contribution in [0.3, 0.4) is 0 Å². The van der Waals surface area contributed by atoms with Crippen molar-refractivity contribution in [2.24, 2.45) is 27.7 Å². The lowest BCUT2D eigenvalue weighted by molar-refractivity contribution is -0.139. The van der Waals surface area contributed by atoms with Crippen molar-refractivity contribution in [1.82, 2.24) is 20.4 Å². The third kappa shape index (κ3) is 6.13. The standard InChI is InChI=1S/C31H46ClN5O3/c1-30(2)12-9-23(10-13-30)35-28(40)31(3,4)26(38)21-11-16-36(17-21)27(39)25-19-37(29-33-14-15-34-29)18-24(25)20-5-7-22(32)8-6-20/h5-8,21,23-26,38H,9-19H2,1-4H3,(H,33,34)(H,35,40)/t21-,24-,25+,26?/m0/s1. The Morgan fingerprint density at radius 1 is 1.12 bits per heavy atom. The van der Waals surface area contributed by atoms with Gasteiger partial charge < -0.3 is 25.5 Å². The number of benzene rings is 1. The summed E-state index contributed by atoms with van der Waals surface area (Å²) in [4.78, 5) is 36.0. The second-order valence-corrected chi connectivity index (χ2v) is 14.1. The first-order valence-corrected chi connectivity index (χ1v) is 15.4. The highest BCUT2D eigenvalue weighted by atomic mass is 35.5. The van der Waals surface area contributed by atoms with Crippen molar-refractivity contribution in [1.29, 1.82) is 0 Å². The summed E-state index contributed by atoms with van der Waals surface area (Å²) in [5, 5.41) is 18.7. The zero-order valence-electron chi connectivity index (χ0n) is 24.5. The van der Waals surface area contributed by atoms with E-state index in [1.54, 1.807) is 0 Å². The number of aliphatic imine (C=N–C) groups is 1. The number of guanidine groups is 1. The highest BCUT2D eigenvalue weighted by Gasteiger charge is 2.47. The van der Waals surface area contributed by atoms with Crippen molar-refractivity contribution in [3.8, 4) is 0 Å². The van der Waals surface area contributed by atoms with Gasteiger partial charge in [0, 0.05) is 55.6 Å². The zero-order chi connectivity index (χ0) is 28.7. The Bertz CT molecular complexity index is 1110. The minimum Gasteiger partial charge on any atom is -0.392 e. The summed E-state index contributed by atoms with van der Waals surface area (Å²) < 4.78 is 0. The number of hydrogen-bond donors (Lipinski definition) is 3. The molecule has 4 aliphatic rings. The lowest BCUT2D eigenvalue weighted by atomic mass is 9.74. The van der Waals surface area contributed by atoms with Crippen LogP contribution >= 0.6 is 11.6 Å². The number of likely N-dealkylation sites (tertiary alicyclic amines) is 2. The van der Waals surface area contributed by atoms with Gasteiger partial charge in [0.1, 0.15) is 0 Å². The number of halogens is 1. The number of nitrogens with one attached hydrogen (secondary N) is 2. The topological polar surface area (TPSA) is 97.3 Å². The number of aliphatic hydroxyl groups is 1. The van der Waals surface area contributed by atoms with Crippen LogP contribution in [0.2, 0.25) is 5.02 Å². The van der Waals surface area contributed by atoms with Crippen LogP contribution in [-0.4, -0.2) is 84.1 Å². The van der Waals surface area contributed by atoms with E-state index < -0.39 is 11.5 Å². The smallest absolute Gasteiger partial charge is 0.228 e. The van der Waals surface area contributed by atoms with E-state index in [-0.39, 0.29) is 35.6 Å². The summed E-state index contributed by atoms with van der Waals surface area (Å²) in [6, 6.07) is 7.98. The predicted octanol–water partition coefficient (Wildman–Crippen LogP) is 3.64. The minimum atomic E-state index is -0.932. The third-order valence-corrected chi connectivity index (χ3v) is 10.1. The van der Waals surface area contributed by atoms with Crippen LogP contribution in [0.4, 0.5) is 0 Å². The number of rotatable bonds is 6. The molecule has 2 saturated heterocycles. The van der Waals surface area contributed by atoms with Crippen LogP contribution < -0.4 is 10.6 Å². The molecule has 4 atom stereocenters. The first-order valence-electron chi connectivity index (χ1n) is 15.0. The summed E-state index contributed by atoms with van der Waals surface area (Å²) in [5.74, 6) is 0.576. The van der Waals surface area contributed by atoms with E-state index >= 15 is 0 Å². The van der Waals surface area contributed by atoms with Crippen LogP contribution in [-0.2, 0) is 9.59 Å². The van der Waals surface area contributed by atoms with Crippen molar-refractivity contribution < 1.29 is 14.7 Å². The predicted molar refractivity (Wildman–Crippen MR) is 158 cm³/mol. The van der Waals surface area contributed by atoms with E-state index in [2.05, 4.69) is 34.4 Å². The Hall–Kier alpha value is -2.32. The molecule has 2 amide bonds. The maximum atomic E-state index is 14.0.